The van der Waals surface area contributed by atoms with Crippen molar-refractivity contribution in [2.45, 2.75) is 0 Å². The third-order valence-electron chi connectivity index (χ3n) is 1.69. The Hall–Kier alpha value is -0.490. The summed E-state index contributed by atoms with van der Waals surface area (Å²) in [4.78, 5) is 12.8. The van der Waals surface area contributed by atoms with Crippen LogP contribution in [0.15, 0.2) is 0 Å². The van der Waals surface area contributed by atoms with E-state index in [9.17, 15) is 4.79 Å². The van der Waals surface area contributed by atoms with E-state index in [4.69, 9.17) is 12.2 Å². The number of nitrogens with one attached hydrogen (secondary N) is 1. The van der Waals surface area contributed by atoms with Gasteiger partial charge in [0.2, 0.25) is 0 Å². The molecule has 1 N–H and O–H groups in total. The highest BCUT2D eigenvalue weighted by Crippen LogP contribution is 2.08. The summed E-state index contributed by atoms with van der Waals surface area (Å²) < 4.78 is 4.44. The molecule has 0 unspecified atom stereocenters. The van der Waals surface area contributed by atoms with Gasteiger partial charge in [-0.25, -0.2) is 4.79 Å². The van der Waals surface area contributed by atoms with Gasteiger partial charge in [0.15, 0.2) is 5.11 Å². The van der Waals surface area contributed by atoms with Crippen molar-refractivity contribution in [2.75, 3.05) is 31.7 Å². The Balaban J connectivity index is 2.33. The van der Waals surface area contributed by atoms with Crippen molar-refractivity contribution in [3.8, 4) is 0 Å². The van der Waals surface area contributed by atoms with Gasteiger partial charge in [-0.1, -0.05) is 0 Å². The zero-order valence-electron chi connectivity index (χ0n) is 7.41. The Bertz CT molecular complexity index is 205. The quantitative estimate of drug-likeness (QED) is 0.608. The summed E-state index contributed by atoms with van der Waals surface area (Å²) in [6.07, 6.45) is -0.497. The van der Waals surface area contributed by atoms with E-state index in [0.29, 0.717) is 5.11 Å². The molecule has 0 spiro atoms. The molecule has 0 aliphatic carbocycles. The number of carbonyl (C=O) groups is 1. The summed E-state index contributed by atoms with van der Waals surface area (Å²) in [5.74, 6) is 2.12. The fourth-order valence-corrected chi connectivity index (χ4v) is 2.15. The topological polar surface area (TPSA) is 41.6 Å². The third-order valence-corrected chi connectivity index (χ3v) is 3.00. The summed E-state index contributed by atoms with van der Waals surface area (Å²) in [5.41, 5.74) is 0. The summed E-state index contributed by atoms with van der Waals surface area (Å²) in [7, 11) is 1.32. The van der Waals surface area contributed by atoms with E-state index in [2.05, 4.69) is 10.1 Å². The number of carbonyl (C=O) groups excluding carboxylic acids is 1. The normalized spacial score (nSPS) is 16.5. The van der Waals surface area contributed by atoms with Gasteiger partial charge in [0.25, 0.3) is 0 Å². The molecular formula is C7H12N2O2S2. The van der Waals surface area contributed by atoms with Crippen LogP contribution >= 0.6 is 24.0 Å². The van der Waals surface area contributed by atoms with Gasteiger partial charge in [-0.3, -0.25) is 5.32 Å². The van der Waals surface area contributed by atoms with Crippen LogP contribution in [0.1, 0.15) is 0 Å². The first-order valence-corrected chi connectivity index (χ1v) is 5.52. The van der Waals surface area contributed by atoms with Crippen molar-refractivity contribution in [1.29, 1.82) is 0 Å². The van der Waals surface area contributed by atoms with E-state index in [1.807, 2.05) is 16.7 Å². The van der Waals surface area contributed by atoms with E-state index in [-0.39, 0.29) is 0 Å². The molecule has 6 heteroatoms. The molecule has 0 aromatic rings. The van der Waals surface area contributed by atoms with Gasteiger partial charge >= 0.3 is 6.09 Å². The fourth-order valence-electron chi connectivity index (χ4n) is 0.984. The van der Waals surface area contributed by atoms with Crippen LogP contribution in [0.2, 0.25) is 0 Å². The predicted molar refractivity (Wildman–Crippen MR) is 57.0 cm³/mol. The zero-order chi connectivity index (χ0) is 9.68. The van der Waals surface area contributed by atoms with Crippen LogP contribution in [-0.4, -0.2) is 47.8 Å². The molecule has 1 saturated heterocycles. The number of nitrogens with zero attached hydrogens (tertiary/aromatic N) is 1. The van der Waals surface area contributed by atoms with Crippen LogP contribution in [0.4, 0.5) is 4.79 Å². The molecule has 0 atom stereocenters. The summed E-state index contributed by atoms with van der Waals surface area (Å²) in [5, 5.41) is 2.95. The fraction of sp³-hybridized carbons (Fsp3) is 0.714. The molecule has 74 valence electrons. The zero-order valence-corrected chi connectivity index (χ0v) is 9.04. The highest BCUT2D eigenvalue weighted by Gasteiger charge is 2.15. The van der Waals surface area contributed by atoms with E-state index < -0.39 is 6.09 Å². The Morgan fingerprint density at radius 1 is 1.54 bits per heavy atom. The average molecular weight is 220 g/mol. The highest BCUT2D eigenvalue weighted by molar-refractivity contribution is 7.99. The minimum Gasteiger partial charge on any atom is -0.453 e. The number of hydrogen-bond donors (Lipinski definition) is 1. The molecule has 1 fully saturated rings. The van der Waals surface area contributed by atoms with E-state index in [0.717, 1.165) is 24.6 Å². The van der Waals surface area contributed by atoms with E-state index in [1.165, 1.54) is 7.11 Å². The van der Waals surface area contributed by atoms with Crippen LogP contribution in [-0.2, 0) is 4.74 Å². The maximum atomic E-state index is 10.8. The van der Waals surface area contributed by atoms with Crippen LogP contribution < -0.4 is 5.32 Å². The highest BCUT2D eigenvalue weighted by atomic mass is 32.2. The molecule has 0 aromatic heterocycles. The van der Waals surface area contributed by atoms with Crippen molar-refractivity contribution < 1.29 is 9.53 Å². The lowest BCUT2D eigenvalue weighted by molar-refractivity contribution is 0.175. The van der Waals surface area contributed by atoms with Gasteiger partial charge in [-0.05, 0) is 12.2 Å². The predicted octanol–water partition coefficient (Wildman–Crippen LogP) is 0.676. The van der Waals surface area contributed by atoms with Gasteiger partial charge in [-0.15, -0.1) is 0 Å². The molecule has 0 aromatic carbocycles. The van der Waals surface area contributed by atoms with Crippen molar-refractivity contribution in [3.05, 3.63) is 0 Å². The van der Waals surface area contributed by atoms with E-state index in [1.54, 1.807) is 0 Å². The maximum absolute atomic E-state index is 10.8. The molecule has 1 aliphatic heterocycles. The van der Waals surface area contributed by atoms with Gasteiger partial charge < -0.3 is 9.64 Å². The molecule has 0 radical (unpaired) electrons. The summed E-state index contributed by atoms with van der Waals surface area (Å²) in [6.45, 7) is 1.79. The Morgan fingerprint density at radius 2 is 2.15 bits per heavy atom. The van der Waals surface area contributed by atoms with Gasteiger partial charge in [0, 0.05) is 24.6 Å². The smallest absolute Gasteiger partial charge is 0.413 e. The molecule has 1 heterocycles. The first-order valence-electron chi connectivity index (χ1n) is 3.95. The van der Waals surface area contributed by atoms with Gasteiger partial charge in [0.05, 0.1) is 7.11 Å². The first kappa shape index (κ1) is 10.6. The number of alkyl carbamates (subject to hydrolysis) is 1. The Kier molecular flexibility index (Phi) is 4.31. The molecule has 13 heavy (non-hydrogen) atoms. The number of ether oxygens (including phenoxy) is 1. The molecule has 4 nitrogen and oxygen atoms in total. The molecule has 1 aliphatic rings. The summed E-state index contributed by atoms with van der Waals surface area (Å²) in [6, 6.07) is 0. The molecule has 1 rings (SSSR count). The average Bonchev–Trinajstić information content (AvgIpc) is 2.19. The Morgan fingerprint density at radius 3 is 2.69 bits per heavy atom. The number of methoxy groups -OCH3 is 1. The van der Waals surface area contributed by atoms with Crippen LogP contribution in [0, 0.1) is 0 Å². The SMILES string of the molecule is COC(=O)NC(=S)N1CCSCC1. The van der Waals surface area contributed by atoms with Crippen molar-refractivity contribution in [1.82, 2.24) is 10.2 Å². The number of amides is 1. The van der Waals surface area contributed by atoms with Crippen molar-refractivity contribution in [3.63, 3.8) is 0 Å². The molecule has 0 saturated carbocycles. The lowest BCUT2D eigenvalue weighted by atomic mass is 10.5. The Labute approximate surface area is 87.0 Å². The first-order chi connectivity index (χ1) is 6.24. The lowest BCUT2D eigenvalue weighted by Crippen LogP contribution is -2.46. The molecule has 0 bridgehead atoms. The minimum absolute atomic E-state index is 0.465. The monoisotopic (exact) mass is 220 g/mol. The number of rotatable bonds is 0. The van der Waals surface area contributed by atoms with Crippen molar-refractivity contribution >= 4 is 35.2 Å². The third kappa shape index (κ3) is 3.40. The van der Waals surface area contributed by atoms with E-state index >= 15 is 0 Å². The van der Waals surface area contributed by atoms with Crippen LogP contribution in [0.5, 0.6) is 0 Å². The number of thiocarbonyl (C=S) groups is 1. The second-order valence-electron chi connectivity index (χ2n) is 2.52. The standard InChI is InChI=1S/C7H12N2O2S2/c1-11-7(10)8-6(12)9-2-4-13-5-3-9/h2-5H2,1H3,(H,8,10,12). The summed E-state index contributed by atoms with van der Waals surface area (Å²) >= 11 is 6.92. The molecular weight excluding hydrogens is 208 g/mol. The minimum atomic E-state index is -0.497. The molecule has 1 amide bonds. The maximum Gasteiger partial charge on any atom is 0.413 e. The van der Waals surface area contributed by atoms with Crippen LogP contribution in [0.25, 0.3) is 0 Å². The number of hydrogen-bond acceptors (Lipinski definition) is 4. The second kappa shape index (κ2) is 5.29. The van der Waals surface area contributed by atoms with Gasteiger partial charge in [-0.2, -0.15) is 11.8 Å². The largest absolute Gasteiger partial charge is 0.453 e. The van der Waals surface area contributed by atoms with Crippen LogP contribution in [0.3, 0.4) is 0 Å². The van der Waals surface area contributed by atoms with Gasteiger partial charge in [0.1, 0.15) is 0 Å². The van der Waals surface area contributed by atoms with Crippen molar-refractivity contribution in [2.24, 2.45) is 0 Å². The second-order valence-corrected chi connectivity index (χ2v) is 4.13. The number of thioether (sulfide) groups is 1. The lowest BCUT2D eigenvalue weighted by Gasteiger charge is -2.28.